The van der Waals surface area contributed by atoms with Gasteiger partial charge >= 0.3 is 0 Å². The average molecular weight is 140 g/mol. The van der Waals surface area contributed by atoms with Crippen molar-refractivity contribution < 1.29 is 4.79 Å². The average Bonchev–Trinajstić information content (AvgIpc) is 2.43. The summed E-state index contributed by atoms with van der Waals surface area (Å²) in [5, 5.41) is 2.97. The van der Waals surface area contributed by atoms with E-state index in [1.54, 1.807) is 0 Å². The van der Waals surface area contributed by atoms with Gasteiger partial charge in [0.25, 0.3) is 0 Å². The van der Waals surface area contributed by atoms with E-state index in [1.807, 2.05) is 7.05 Å². The second-order valence-corrected chi connectivity index (χ2v) is 3.37. The van der Waals surface area contributed by atoms with E-state index < -0.39 is 0 Å². The second kappa shape index (κ2) is 1.95. The minimum absolute atomic E-state index is 0.188. The lowest BCUT2D eigenvalue weighted by molar-refractivity contribution is -0.121. The van der Waals surface area contributed by atoms with Crippen LogP contribution in [0, 0.1) is 5.92 Å². The number of carbonyl (C=O) groups excluding carboxylic acids is 1. The molecule has 0 aromatic carbocycles. The molecule has 0 aromatic rings. The van der Waals surface area contributed by atoms with Crippen LogP contribution < -0.4 is 5.32 Å². The van der Waals surface area contributed by atoms with Crippen molar-refractivity contribution in [2.75, 3.05) is 20.1 Å². The van der Waals surface area contributed by atoms with Gasteiger partial charge < -0.3 is 5.32 Å². The predicted molar refractivity (Wildman–Crippen MR) is 37.5 cm³/mol. The molecule has 1 saturated heterocycles. The molecule has 2 atom stereocenters. The smallest absolute Gasteiger partial charge is 0.234 e. The van der Waals surface area contributed by atoms with Gasteiger partial charge in [-0.15, -0.1) is 0 Å². The number of hydrogen-bond acceptors (Lipinski definition) is 2. The number of likely N-dealkylation sites (N-methyl/N-ethyl adjacent to an activating group) is 1. The highest BCUT2D eigenvalue weighted by Gasteiger charge is 2.41. The molecule has 10 heavy (non-hydrogen) atoms. The van der Waals surface area contributed by atoms with Crippen LogP contribution in [0.2, 0.25) is 0 Å². The standard InChI is InChI=1S/C7H12N2O/c1-9-3-5-2-6(5)8-7(10)4-9/h5-6H,2-4H2,1H3,(H,8,10). The number of rotatable bonds is 0. The summed E-state index contributed by atoms with van der Waals surface area (Å²) in [5.41, 5.74) is 0. The first-order valence-corrected chi connectivity index (χ1v) is 3.73. The predicted octanol–water partition coefficient (Wildman–Crippen LogP) is -0.563. The van der Waals surface area contributed by atoms with Crippen LogP contribution >= 0.6 is 0 Å². The topological polar surface area (TPSA) is 32.3 Å². The Morgan fingerprint density at radius 3 is 3.30 bits per heavy atom. The number of nitrogens with zero attached hydrogens (tertiary/aromatic N) is 1. The van der Waals surface area contributed by atoms with Crippen LogP contribution in [0.1, 0.15) is 6.42 Å². The Kier molecular flexibility index (Phi) is 1.20. The van der Waals surface area contributed by atoms with E-state index in [1.165, 1.54) is 6.42 Å². The fourth-order valence-electron chi connectivity index (χ4n) is 1.59. The lowest BCUT2D eigenvalue weighted by Crippen LogP contribution is -2.32. The van der Waals surface area contributed by atoms with Gasteiger partial charge in [-0.25, -0.2) is 0 Å². The Morgan fingerprint density at radius 2 is 2.50 bits per heavy atom. The van der Waals surface area contributed by atoms with Crippen molar-refractivity contribution >= 4 is 5.91 Å². The van der Waals surface area contributed by atoms with E-state index in [4.69, 9.17) is 0 Å². The molecule has 1 amide bonds. The Hall–Kier alpha value is -0.570. The highest BCUT2D eigenvalue weighted by atomic mass is 16.2. The maximum Gasteiger partial charge on any atom is 0.234 e. The van der Waals surface area contributed by atoms with Gasteiger partial charge in [-0.2, -0.15) is 0 Å². The molecule has 1 aliphatic carbocycles. The van der Waals surface area contributed by atoms with Gasteiger partial charge in [-0.3, -0.25) is 9.69 Å². The number of amides is 1. The number of hydrogen-bond donors (Lipinski definition) is 1. The molecule has 2 fully saturated rings. The van der Waals surface area contributed by atoms with Crippen molar-refractivity contribution in [3.05, 3.63) is 0 Å². The molecule has 3 nitrogen and oxygen atoms in total. The largest absolute Gasteiger partial charge is 0.352 e. The first kappa shape index (κ1) is 6.16. The maximum absolute atomic E-state index is 11.0. The lowest BCUT2D eigenvalue weighted by atomic mass is 10.4. The summed E-state index contributed by atoms with van der Waals surface area (Å²) in [7, 11) is 2.00. The molecule has 0 aromatic heterocycles. The fourth-order valence-corrected chi connectivity index (χ4v) is 1.59. The van der Waals surface area contributed by atoms with Crippen molar-refractivity contribution in [2.24, 2.45) is 5.92 Å². The zero-order valence-corrected chi connectivity index (χ0v) is 6.13. The van der Waals surface area contributed by atoms with Crippen molar-refractivity contribution in [2.45, 2.75) is 12.5 Å². The van der Waals surface area contributed by atoms with Gasteiger partial charge in [-0.05, 0) is 19.4 Å². The number of nitrogens with one attached hydrogen (secondary N) is 1. The van der Waals surface area contributed by atoms with Crippen LogP contribution in [0.5, 0.6) is 0 Å². The minimum atomic E-state index is 0.188. The highest BCUT2D eigenvalue weighted by Crippen LogP contribution is 2.31. The third-order valence-corrected chi connectivity index (χ3v) is 2.23. The van der Waals surface area contributed by atoms with Gasteiger partial charge in [0.15, 0.2) is 0 Å². The second-order valence-electron chi connectivity index (χ2n) is 3.37. The highest BCUT2D eigenvalue weighted by molar-refractivity contribution is 5.79. The Morgan fingerprint density at radius 1 is 1.70 bits per heavy atom. The minimum Gasteiger partial charge on any atom is -0.352 e. The van der Waals surface area contributed by atoms with Crippen molar-refractivity contribution in [1.29, 1.82) is 0 Å². The zero-order valence-electron chi connectivity index (χ0n) is 6.13. The van der Waals surface area contributed by atoms with Crippen molar-refractivity contribution in [3.8, 4) is 0 Å². The van der Waals surface area contributed by atoms with E-state index >= 15 is 0 Å². The molecule has 1 aliphatic heterocycles. The van der Waals surface area contributed by atoms with Crippen LogP contribution in [0.25, 0.3) is 0 Å². The van der Waals surface area contributed by atoms with E-state index in [0.29, 0.717) is 12.6 Å². The molecule has 2 unspecified atom stereocenters. The van der Waals surface area contributed by atoms with Gasteiger partial charge in [-0.1, -0.05) is 0 Å². The lowest BCUT2D eigenvalue weighted by Gasteiger charge is -2.11. The number of fused-ring (bicyclic) bond motifs is 1. The molecule has 1 N–H and O–H groups in total. The molecule has 1 saturated carbocycles. The van der Waals surface area contributed by atoms with Gasteiger partial charge in [0.05, 0.1) is 6.54 Å². The van der Waals surface area contributed by atoms with E-state index in [0.717, 1.165) is 12.5 Å². The van der Waals surface area contributed by atoms with Crippen LogP contribution in [0.15, 0.2) is 0 Å². The number of carbonyl (C=O) groups is 1. The summed E-state index contributed by atoms with van der Waals surface area (Å²) in [6.07, 6.45) is 1.19. The van der Waals surface area contributed by atoms with Crippen molar-refractivity contribution in [1.82, 2.24) is 10.2 Å². The van der Waals surface area contributed by atoms with Gasteiger partial charge in [0.1, 0.15) is 0 Å². The third-order valence-electron chi connectivity index (χ3n) is 2.23. The third kappa shape index (κ3) is 1.01. The molecule has 2 aliphatic rings. The van der Waals surface area contributed by atoms with Crippen LogP contribution in [0.3, 0.4) is 0 Å². The molecular weight excluding hydrogens is 128 g/mol. The molecule has 56 valence electrons. The van der Waals surface area contributed by atoms with E-state index in [9.17, 15) is 4.79 Å². The van der Waals surface area contributed by atoms with Crippen LogP contribution in [0.4, 0.5) is 0 Å². The normalized spacial score (nSPS) is 39.9. The van der Waals surface area contributed by atoms with Crippen molar-refractivity contribution in [3.63, 3.8) is 0 Å². The molecule has 3 heteroatoms. The molecule has 0 radical (unpaired) electrons. The Labute approximate surface area is 60.4 Å². The summed E-state index contributed by atoms with van der Waals surface area (Å²) in [5.74, 6) is 0.934. The molecule has 0 bridgehead atoms. The summed E-state index contributed by atoms with van der Waals surface area (Å²) >= 11 is 0. The SMILES string of the molecule is CN1CC(=O)NC2CC2C1. The molecule has 0 spiro atoms. The summed E-state index contributed by atoms with van der Waals surface area (Å²) in [6, 6.07) is 0.512. The van der Waals surface area contributed by atoms with E-state index in [-0.39, 0.29) is 5.91 Å². The molecular formula is C7H12N2O. The summed E-state index contributed by atoms with van der Waals surface area (Å²) in [6.45, 7) is 1.66. The maximum atomic E-state index is 11.0. The zero-order chi connectivity index (χ0) is 7.14. The summed E-state index contributed by atoms with van der Waals surface area (Å²) in [4.78, 5) is 13.1. The van der Waals surface area contributed by atoms with Crippen LogP contribution in [-0.4, -0.2) is 37.0 Å². The summed E-state index contributed by atoms with van der Waals surface area (Å²) < 4.78 is 0. The van der Waals surface area contributed by atoms with Gasteiger partial charge in [0.2, 0.25) is 5.91 Å². The monoisotopic (exact) mass is 140 g/mol. The quantitative estimate of drug-likeness (QED) is 0.489. The first-order valence-electron chi connectivity index (χ1n) is 3.73. The van der Waals surface area contributed by atoms with Crippen LogP contribution in [-0.2, 0) is 4.79 Å². The molecule has 1 heterocycles. The fraction of sp³-hybridized carbons (Fsp3) is 0.857. The van der Waals surface area contributed by atoms with E-state index in [2.05, 4.69) is 10.2 Å². The Balaban J connectivity index is 2.02. The first-order chi connectivity index (χ1) is 4.75. The molecule has 2 rings (SSSR count). The Bertz CT molecular complexity index is 165. The van der Waals surface area contributed by atoms with Gasteiger partial charge in [0, 0.05) is 12.6 Å².